The highest BCUT2D eigenvalue weighted by molar-refractivity contribution is 9.10. The quantitative estimate of drug-likeness (QED) is 0.666. The molecule has 6 heteroatoms. The van der Waals surface area contributed by atoms with Gasteiger partial charge in [-0.25, -0.2) is 5.43 Å². The zero-order valence-electron chi connectivity index (χ0n) is 10.4. The second-order valence-corrected chi connectivity index (χ2v) is 4.88. The third-order valence-electron chi connectivity index (χ3n) is 3.01. The highest BCUT2D eigenvalue weighted by Crippen LogP contribution is 2.29. The molecule has 0 amide bonds. The fourth-order valence-corrected chi connectivity index (χ4v) is 2.65. The monoisotopic (exact) mass is 309 g/mol. The van der Waals surface area contributed by atoms with Crippen molar-refractivity contribution in [3.8, 4) is 0 Å². The molecule has 3 N–H and O–H groups in total. The summed E-state index contributed by atoms with van der Waals surface area (Å²) in [5, 5.41) is 4.22. The van der Waals surface area contributed by atoms with Crippen molar-refractivity contribution in [1.29, 1.82) is 0 Å². The number of rotatable bonds is 4. The van der Waals surface area contributed by atoms with Crippen molar-refractivity contribution in [2.24, 2.45) is 12.9 Å². The minimum absolute atomic E-state index is 0.107. The highest BCUT2D eigenvalue weighted by Gasteiger charge is 2.21. The summed E-state index contributed by atoms with van der Waals surface area (Å²) in [5.41, 5.74) is 6.16. The minimum atomic E-state index is -0.107. The first-order chi connectivity index (χ1) is 8.69. The molecule has 0 aliphatic carbocycles. The summed E-state index contributed by atoms with van der Waals surface area (Å²) in [4.78, 5) is 4.16. The van der Waals surface area contributed by atoms with Crippen LogP contribution in [0.1, 0.15) is 29.8 Å². The minimum Gasteiger partial charge on any atom is -0.271 e. The van der Waals surface area contributed by atoms with Gasteiger partial charge in [-0.3, -0.25) is 15.5 Å². The lowest BCUT2D eigenvalue weighted by Crippen LogP contribution is -2.31. The van der Waals surface area contributed by atoms with E-state index >= 15 is 0 Å². The maximum atomic E-state index is 5.73. The van der Waals surface area contributed by atoms with E-state index in [1.165, 1.54) is 5.56 Å². The van der Waals surface area contributed by atoms with Crippen molar-refractivity contribution in [3.05, 3.63) is 46.0 Å². The molecule has 2 aromatic rings. The number of pyridine rings is 1. The Balaban J connectivity index is 2.52. The number of nitrogens with two attached hydrogens (primary N) is 1. The van der Waals surface area contributed by atoms with E-state index in [1.54, 1.807) is 12.4 Å². The second kappa shape index (κ2) is 5.60. The molecule has 2 rings (SSSR count). The predicted molar refractivity (Wildman–Crippen MR) is 73.7 cm³/mol. The summed E-state index contributed by atoms with van der Waals surface area (Å²) in [6.07, 6.45) is 6.34. The third kappa shape index (κ3) is 2.31. The van der Waals surface area contributed by atoms with Gasteiger partial charge in [0, 0.05) is 19.4 Å². The fraction of sp³-hybridized carbons (Fsp3) is 0.333. The van der Waals surface area contributed by atoms with Crippen molar-refractivity contribution in [3.63, 3.8) is 0 Å². The predicted octanol–water partition coefficient (Wildman–Crippen LogP) is 1.69. The summed E-state index contributed by atoms with van der Waals surface area (Å²) in [7, 11) is 1.90. The van der Waals surface area contributed by atoms with Crippen LogP contribution in [0, 0.1) is 0 Å². The fourth-order valence-electron chi connectivity index (χ4n) is 2.08. The van der Waals surface area contributed by atoms with E-state index in [0.717, 1.165) is 22.2 Å². The molecule has 1 unspecified atom stereocenters. The largest absolute Gasteiger partial charge is 0.271 e. The van der Waals surface area contributed by atoms with Gasteiger partial charge in [0.25, 0.3) is 0 Å². The Hall–Kier alpha value is -1.24. The Bertz CT molecular complexity index is 518. The van der Waals surface area contributed by atoms with E-state index in [1.807, 2.05) is 24.0 Å². The molecule has 0 radical (unpaired) electrons. The van der Waals surface area contributed by atoms with Crippen LogP contribution in [0.25, 0.3) is 0 Å². The zero-order valence-corrected chi connectivity index (χ0v) is 12.0. The van der Waals surface area contributed by atoms with Crippen LogP contribution in [-0.2, 0) is 13.5 Å². The van der Waals surface area contributed by atoms with E-state index < -0.39 is 0 Å². The highest BCUT2D eigenvalue weighted by atomic mass is 79.9. The van der Waals surface area contributed by atoms with Gasteiger partial charge in [0.1, 0.15) is 0 Å². The number of nitrogens with zero attached hydrogens (tertiary/aromatic N) is 3. The van der Waals surface area contributed by atoms with E-state index in [2.05, 4.69) is 38.4 Å². The van der Waals surface area contributed by atoms with Crippen LogP contribution in [0.4, 0.5) is 0 Å². The van der Waals surface area contributed by atoms with Crippen molar-refractivity contribution in [2.75, 3.05) is 0 Å². The van der Waals surface area contributed by atoms with Crippen LogP contribution in [0.3, 0.4) is 0 Å². The van der Waals surface area contributed by atoms with E-state index in [0.29, 0.717) is 0 Å². The number of nitrogens with one attached hydrogen (secondary N) is 1. The molecule has 2 heterocycles. The van der Waals surface area contributed by atoms with Crippen LogP contribution in [0.15, 0.2) is 29.1 Å². The molecule has 96 valence electrons. The Morgan fingerprint density at radius 2 is 2.28 bits per heavy atom. The van der Waals surface area contributed by atoms with Crippen LogP contribution >= 0.6 is 15.9 Å². The average molecular weight is 310 g/mol. The van der Waals surface area contributed by atoms with Crippen LogP contribution in [-0.4, -0.2) is 14.8 Å². The molecule has 0 bridgehead atoms. The van der Waals surface area contributed by atoms with Crippen LogP contribution in [0.2, 0.25) is 0 Å². The van der Waals surface area contributed by atoms with Gasteiger partial charge in [-0.1, -0.05) is 6.92 Å². The lowest BCUT2D eigenvalue weighted by atomic mass is 9.99. The topological polar surface area (TPSA) is 68.8 Å². The second-order valence-electron chi connectivity index (χ2n) is 4.03. The van der Waals surface area contributed by atoms with E-state index in [9.17, 15) is 0 Å². The summed E-state index contributed by atoms with van der Waals surface area (Å²) in [6.45, 7) is 2.10. The molecule has 2 aromatic heterocycles. The Kier molecular flexibility index (Phi) is 4.11. The molecule has 0 saturated carbocycles. The van der Waals surface area contributed by atoms with Gasteiger partial charge in [-0.05, 0) is 39.5 Å². The maximum absolute atomic E-state index is 5.73. The smallest absolute Gasteiger partial charge is 0.0893 e. The standard InChI is InChI=1S/C12H16BrN5/c1-3-8-6-15-5-4-9(8)11(17-14)12-10(13)7-16-18(12)2/h4-7,11,17H,3,14H2,1-2H3. The van der Waals surface area contributed by atoms with Gasteiger partial charge >= 0.3 is 0 Å². The zero-order chi connectivity index (χ0) is 13.1. The number of aryl methyl sites for hydroxylation is 2. The molecule has 0 spiro atoms. The number of halogens is 1. The molecule has 5 nitrogen and oxygen atoms in total. The molecule has 18 heavy (non-hydrogen) atoms. The lowest BCUT2D eigenvalue weighted by molar-refractivity contribution is 0.569. The van der Waals surface area contributed by atoms with Crippen molar-refractivity contribution >= 4 is 15.9 Å². The third-order valence-corrected chi connectivity index (χ3v) is 3.62. The first kappa shape index (κ1) is 13.2. The first-order valence-corrected chi connectivity index (χ1v) is 6.54. The molecular weight excluding hydrogens is 294 g/mol. The normalized spacial score (nSPS) is 12.7. The van der Waals surface area contributed by atoms with Crippen molar-refractivity contribution < 1.29 is 0 Å². The molecule has 0 aliphatic rings. The Morgan fingerprint density at radius 1 is 1.50 bits per heavy atom. The van der Waals surface area contributed by atoms with Crippen molar-refractivity contribution in [2.45, 2.75) is 19.4 Å². The van der Waals surface area contributed by atoms with Gasteiger partial charge in [0.2, 0.25) is 0 Å². The summed E-state index contributed by atoms with van der Waals surface area (Å²) in [6, 6.07) is 1.88. The SMILES string of the molecule is CCc1cnccc1C(NN)c1c(Br)cnn1C. The van der Waals surface area contributed by atoms with Crippen molar-refractivity contribution in [1.82, 2.24) is 20.2 Å². The van der Waals surface area contributed by atoms with E-state index in [-0.39, 0.29) is 6.04 Å². The maximum Gasteiger partial charge on any atom is 0.0893 e. The number of aromatic nitrogens is 3. The molecule has 1 atom stereocenters. The van der Waals surface area contributed by atoms with E-state index in [4.69, 9.17) is 5.84 Å². The average Bonchev–Trinajstić information content (AvgIpc) is 2.72. The molecule has 0 aliphatic heterocycles. The lowest BCUT2D eigenvalue weighted by Gasteiger charge is -2.20. The first-order valence-electron chi connectivity index (χ1n) is 5.75. The summed E-state index contributed by atoms with van der Waals surface area (Å²) < 4.78 is 2.75. The molecule has 0 saturated heterocycles. The van der Waals surface area contributed by atoms with Crippen LogP contribution < -0.4 is 11.3 Å². The van der Waals surface area contributed by atoms with Gasteiger partial charge in [0.05, 0.1) is 22.4 Å². The molecule has 0 fully saturated rings. The van der Waals surface area contributed by atoms with Gasteiger partial charge in [-0.15, -0.1) is 0 Å². The van der Waals surface area contributed by atoms with Gasteiger partial charge < -0.3 is 0 Å². The Labute approximate surface area is 115 Å². The summed E-state index contributed by atoms with van der Waals surface area (Å²) >= 11 is 3.51. The summed E-state index contributed by atoms with van der Waals surface area (Å²) in [5.74, 6) is 5.73. The molecular formula is C12H16BrN5. The van der Waals surface area contributed by atoms with Gasteiger partial charge in [0.15, 0.2) is 0 Å². The Morgan fingerprint density at radius 3 is 2.83 bits per heavy atom. The molecule has 0 aromatic carbocycles. The van der Waals surface area contributed by atoms with Gasteiger partial charge in [-0.2, -0.15) is 5.10 Å². The van der Waals surface area contributed by atoms with Crippen LogP contribution in [0.5, 0.6) is 0 Å². The number of hydrogen-bond donors (Lipinski definition) is 2. The number of hydrogen-bond acceptors (Lipinski definition) is 4. The number of hydrazine groups is 1.